The monoisotopic (exact) mass is 572 g/mol. The number of nitrogens with two attached hydrogens (primary N) is 1. The molecule has 10 heteroatoms. The van der Waals surface area contributed by atoms with Gasteiger partial charge < -0.3 is 25.6 Å². The second kappa shape index (κ2) is 15.7. The number of benzene rings is 1. The average Bonchev–Trinajstić information content (AvgIpc) is 3.47. The summed E-state index contributed by atoms with van der Waals surface area (Å²) < 4.78 is 18.7. The van der Waals surface area contributed by atoms with Crippen LogP contribution in [0.25, 0.3) is 0 Å². The minimum absolute atomic E-state index is 0.0445. The highest BCUT2D eigenvalue weighted by Crippen LogP contribution is 2.29. The first-order valence-corrected chi connectivity index (χ1v) is 14.7. The Morgan fingerprint density at radius 2 is 1.88 bits per heavy atom. The molecule has 41 heavy (non-hydrogen) atoms. The summed E-state index contributed by atoms with van der Waals surface area (Å²) in [6.45, 7) is 9.92. The van der Waals surface area contributed by atoms with Gasteiger partial charge in [0.1, 0.15) is 6.67 Å². The average molecular weight is 573 g/mol. The van der Waals surface area contributed by atoms with Crippen molar-refractivity contribution in [2.75, 3.05) is 51.0 Å². The maximum Gasteiger partial charge on any atom is 0.227 e. The number of amides is 1. The molecule has 2 aliphatic heterocycles. The summed E-state index contributed by atoms with van der Waals surface area (Å²) in [5.41, 5.74) is 7.01. The number of nitrogens with zero attached hydrogens (tertiary/aromatic N) is 2. The standard InChI is InChI=1S/C31H45FN4O5/c1-21(2)26(19-28(37)23-7-4-9-25(17-23)35-13-15-41-16-14-35)31(40)36-12-6-10-27(36)29(38)18-24(30(39)20-32)8-5-11-34-22(3)33/h4,7,9,17,21,24,26-27,34H,3,5-6,8,10-16,18-20,33H2,1-2H3/t24-,26+,27+/m1/s1. The largest absolute Gasteiger partial charge is 0.386 e. The number of alkyl halides is 1. The molecule has 0 aromatic heterocycles. The number of hydrogen-bond acceptors (Lipinski definition) is 8. The molecule has 3 N–H and O–H groups in total. The van der Waals surface area contributed by atoms with Crippen LogP contribution in [0.2, 0.25) is 0 Å². The topological polar surface area (TPSA) is 122 Å². The molecule has 2 saturated heterocycles. The normalized spacial score (nSPS) is 18.7. The van der Waals surface area contributed by atoms with Crippen molar-refractivity contribution in [2.45, 2.75) is 58.4 Å². The third-order valence-electron chi connectivity index (χ3n) is 8.10. The maximum atomic E-state index is 13.8. The molecule has 2 fully saturated rings. The summed E-state index contributed by atoms with van der Waals surface area (Å²) in [5, 5.41) is 2.86. The maximum absolute atomic E-state index is 13.8. The highest BCUT2D eigenvalue weighted by atomic mass is 19.1. The van der Waals surface area contributed by atoms with Crippen LogP contribution in [0.1, 0.15) is 62.7 Å². The Morgan fingerprint density at radius 3 is 2.54 bits per heavy atom. The lowest BCUT2D eigenvalue weighted by molar-refractivity contribution is -0.142. The van der Waals surface area contributed by atoms with E-state index in [-0.39, 0.29) is 36.2 Å². The van der Waals surface area contributed by atoms with E-state index in [1.165, 1.54) is 0 Å². The van der Waals surface area contributed by atoms with Crippen molar-refractivity contribution in [3.8, 4) is 0 Å². The lowest BCUT2D eigenvalue weighted by Gasteiger charge is -2.31. The minimum Gasteiger partial charge on any atom is -0.386 e. The van der Waals surface area contributed by atoms with Crippen molar-refractivity contribution in [3.63, 3.8) is 0 Å². The fourth-order valence-electron chi connectivity index (χ4n) is 5.66. The molecular weight excluding hydrogens is 527 g/mol. The van der Waals surface area contributed by atoms with Gasteiger partial charge >= 0.3 is 0 Å². The van der Waals surface area contributed by atoms with E-state index >= 15 is 0 Å². The number of ketones is 3. The number of halogens is 1. The molecule has 0 unspecified atom stereocenters. The molecule has 3 rings (SSSR count). The van der Waals surface area contributed by atoms with Crippen LogP contribution < -0.4 is 16.0 Å². The Bertz CT molecular complexity index is 1090. The quantitative estimate of drug-likeness (QED) is 0.229. The smallest absolute Gasteiger partial charge is 0.227 e. The molecule has 0 aliphatic carbocycles. The number of nitrogens with one attached hydrogen (secondary N) is 1. The highest BCUT2D eigenvalue weighted by molar-refractivity contribution is 6.00. The van der Waals surface area contributed by atoms with Crippen LogP contribution >= 0.6 is 0 Å². The van der Waals surface area contributed by atoms with Crippen LogP contribution in [0.5, 0.6) is 0 Å². The SMILES string of the molecule is C=C(N)NCCC[C@H](CC(=O)[C@@H]1CCCN1C(=O)[C@@H](CC(=O)c1cccc(N2CCOCC2)c1)C(C)C)C(=O)CF. The van der Waals surface area contributed by atoms with Crippen LogP contribution in [0, 0.1) is 17.8 Å². The van der Waals surface area contributed by atoms with Gasteiger partial charge in [-0.2, -0.15) is 0 Å². The van der Waals surface area contributed by atoms with Crippen molar-refractivity contribution >= 4 is 28.9 Å². The molecule has 9 nitrogen and oxygen atoms in total. The third-order valence-corrected chi connectivity index (χ3v) is 8.10. The first kappa shape index (κ1) is 32.2. The van der Waals surface area contributed by atoms with Gasteiger partial charge in [0.2, 0.25) is 5.91 Å². The van der Waals surface area contributed by atoms with E-state index in [0.717, 1.165) is 18.8 Å². The predicted octanol–water partition coefficient (Wildman–Crippen LogP) is 3.27. The second-order valence-corrected chi connectivity index (χ2v) is 11.4. The second-order valence-electron chi connectivity index (χ2n) is 11.4. The number of ether oxygens (including phenoxy) is 1. The third kappa shape index (κ3) is 9.11. The number of rotatable bonds is 16. The van der Waals surface area contributed by atoms with Gasteiger partial charge in [0.05, 0.1) is 25.1 Å². The van der Waals surface area contributed by atoms with E-state index < -0.39 is 30.3 Å². The van der Waals surface area contributed by atoms with E-state index in [9.17, 15) is 23.6 Å². The van der Waals surface area contributed by atoms with Crippen LogP contribution in [0.4, 0.5) is 10.1 Å². The molecule has 0 bridgehead atoms. The van der Waals surface area contributed by atoms with Crippen molar-refractivity contribution in [1.82, 2.24) is 10.2 Å². The molecular formula is C31H45FN4O5. The molecule has 1 amide bonds. The summed E-state index contributed by atoms with van der Waals surface area (Å²) in [4.78, 5) is 56.5. The lowest BCUT2D eigenvalue weighted by Crippen LogP contribution is -2.45. The first-order valence-electron chi connectivity index (χ1n) is 14.7. The van der Waals surface area contributed by atoms with Gasteiger partial charge in [-0.3, -0.25) is 19.2 Å². The Balaban J connectivity index is 1.66. The Kier molecular flexibility index (Phi) is 12.3. The minimum atomic E-state index is -1.13. The summed E-state index contributed by atoms with van der Waals surface area (Å²) in [5.74, 6) is -2.31. The summed E-state index contributed by atoms with van der Waals surface area (Å²) >= 11 is 0. The summed E-state index contributed by atoms with van der Waals surface area (Å²) in [7, 11) is 0. The number of carbonyl (C=O) groups is 4. The zero-order chi connectivity index (χ0) is 29.9. The molecule has 1 aromatic rings. The number of likely N-dealkylation sites (tertiary alicyclic amines) is 1. The van der Waals surface area contributed by atoms with E-state index in [1.807, 2.05) is 32.0 Å². The van der Waals surface area contributed by atoms with Crippen LogP contribution in [-0.2, 0) is 19.1 Å². The zero-order valence-corrected chi connectivity index (χ0v) is 24.4. The van der Waals surface area contributed by atoms with Gasteiger partial charge in [-0.1, -0.05) is 32.6 Å². The predicted molar refractivity (Wildman–Crippen MR) is 156 cm³/mol. The molecule has 0 saturated carbocycles. The van der Waals surface area contributed by atoms with Gasteiger partial charge in [0.25, 0.3) is 0 Å². The fraction of sp³-hybridized carbons (Fsp3) is 0.613. The van der Waals surface area contributed by atoms with Crippen molar-refractivity contribution < 1.29 is 28.3 Å². The number of morpholine rings is 1. The summed E-state index contributed by atoms with van der Waals surface area (Å²) in [6.07, 6.45) is 1.95. The van der Waals surface area contributed by atoms with Gasteiger partial charge in [0, 0.05) is 62.1 Å². The molecule has 0 radical (unpaired) electrons. The molecule has 3 atom stereocenters. The van der Waals surface area contributed by atoms with Crippen LogP contribution in [0.3, 0.4) is 0 Å². The van der Waals surface area contributed by atoms with Crippen molar-refractivity contribution in [1.29, 1.82) is 0 Å². The molecule has 2 heterocycles. The molecule has 0 spiro atoms. The van der Waals surface area contributed by atoms with Gasteiger partial charge in [-0.05, 0) is 43.7 Å². The Hall–Kier alpha value is -3.27. The van der Waals surface area contributed by atoms with E-state index in [1.54, 1.807) is 11.0 Å². The van der Waals surface area contributed by atoms with Gasteiger partial charge in [0.15, 0.2) is 17.3 Å². The van der Waals surface area contributed by atoms with Crippen molar-refractivity contribution in [2.24, 2.45) is 23.5 Å². The molecule has 1 aromatic carbocycles. The number of anilines is 1. The lowest BCUT2D eigenvalue weighted by atomic mass is 9.86. The molecule has 226 valence electrons. The van der Waals surface area contributed by atoms with Crippen LogP contribution in [-0.4, -0.2) is 80.3 Å². The zero-order valence-electron chi connectivity index (χ0n) is 24.4. The van der Waals surface area contributed by atoms with Crippen LogP contribution in [0.15, 0.2) is 36.7 Å². The van der Waals surface area contributed by atoms with Crippen molar-refractivity contribution in [3.05, 3.63) is 42.2 Å². The van der Waals surface area contributed by atoms with E-state index in [0.29, 0.717) is 63.4 Å². The van der Waals surface area contributed by atoms with Gasteiger partial charge in [-0.25, -0.2) is 4.39 Å². The summed E-state index contributed by atoms with van der Waals surface area (Å²) in [6, 6.07) is 6.81. The fourth-order valence-corrected chi connectivity index (χ4v) is 5.66. The van der Waals surface area contributed by atoms with E-state index in [2.05, 4.69) is 16.8 Å². The number of hydrogen-bond donors (Lipinski definition) is 2. The Labute approximate surface area is 242 Å². The van der Waals surface area contributed by atoms with Gasteiger partial charge in [-0.15, -0.1) is 0 Å². The molecule has 2 aliphatic rings. The number of Topliss-reactive ketones (excluding diaryl/α,β-unsaturated/α-hetero) is 3. The first-order chi connectivity index (χ1) is 19.6. The van der Waals surface area contributed by atoms with E-state index in [4.69, 9.17) is 10.5 Å². The number of carbonyl (C=O) groups excluding carboxylic acids is 4. The Morgan fingerprint density at radius 1 is 1.15 bits per heavy atom. The highest BCUT2D eigenvalue weighted by Gasteiger charge is 2.39.